The SMILES string of the molecule is CCOc1ccc(S(=O)(=O)N(CC(=O)N/N=C(/C)CCc2ccccc2)c2ccc(C)cc2)cc1. The minimum absolute atomic E-state index is 0.0665. The van der Waals surface area contributed by atoms with Crippen molar-refractivity contribution >= 4 is 27.3 Å². The van der Waals surface area contributed by atoms with Gasteiger partial charge < -0.3 is 4.74 Å². The molecule has 0 bridgehead atoms. The molecule has 1 N–H and O–H groups in total. The zero-order chi connectivity index (χ0) is 25.3. The first-order valence-corrected chi connectivity index (χ1v) is 12.9. The van der Waals surface area contributed by atoms with Crippen molar-refractivity contribution in [2.45, 2.75) is 38.5 Å². The van der Waals surface area contributed by atoms with E-state index in [0.717, 1.165) is 22.0 Å². The molecule has 0 heterocycles. The van der Waals surface area contributed by atoms with Crippen LogP contribution in [0.5, 0.6) is 5.75 Å². The fraction of sp³-hybridized carbons (Fsp3) is 0.259. The van der Waals surface area contributed by atoms with Crippen molar-refractivity contribution in [1.29, 1.82) is 0 Å². The van der Waals surface area contributed by atoms with Crippen LogP contribution in [0.15, 0.2) is 88.9 Å². The first-order chi connectivity index (χ1) is 16.8. The maximum absolute atomic E-state index is 13.5. The number of rotatable bonds is 11. The number of aryl methyl sites for hydroxylation is 2. The maximum Gasteiger partial charge on any atom is 0.264 e. The fourth-order valence-corrected chi connectivity index (χ4v) is 4.80. The monoisotopic (exact) mass is 493 g/mol. The van der Waals surface area contributed by atoms with Gasteiger partial charge in [0.05, 0.1) is 17.2 Å². The zero-order valence-corrected chi connectivity index (χ0v) is 21.1. The van der Waals surface area contributed by atoms with Gasteiger partial charge in [0.2, 0.25) is 0 Å². The molecule has 7 nitrogen and oxygen atoms in total. The first-order valence-electron chi connectivity index (χ1n) is 11.5. The second-order valence-corrected chi connectivity index (χ2v) is 9.98. The summed E-state index contributed by atoms with van der Waals surface area (Å²) in [6.07, 6.45) is 1.48. The second kappa shape index (κ2) is 12.2. The Bertz CT molecular complexity index is 1240. The highest BCUT2D eigenvalue weighted by Gasteiger charge is 2.27. The normalized spacial score (nSPS) is 11.7. The molecule has 0 aliphatic carbocycles. The van der Waals surface area contributed by atoms with E-state index in [-0.39, 0.29) is 4.90 Å². The molecule has 3 aromatic rings. The molecule has 184 valence electrons. The predicted octanol–water partition coefficient (Wildman–Crippen LogP) is 4.71. The molecule has 35 heavy (non-hydrogen) atoms. The summed E-state index contributed by atoms with van der Waals surface area (Å²) in [5.41, 5.74) is 5.81. The Morgan fingerprint density at radius 2 is 1.63 bits per heavy atom. The van der Waals surface area contributed by atoms with Crippen LogP contribution in [0.2, 0.25) is 0 Å². The highest BCUT2D eigenvalue weighted by atomic mass is 32.2. The van der Waals surface area contributed by atoms with Crippen molar-refractivity contribution in [2.75, 3.05) is 17.5 Å². The lowest BCUT2D eigenvalue weighted by Crippen LogP contribution is -2.39. The molecule has 0 atom stereocenters. The Labute approximate surface area is 207 Å². The number of benzene rings is 3. The number of hydrazone groups is 1. The van der Waals surface area contributed by atoms with Crippen LogP contribution in [0.1, 0.15) is 31.4 Å². The van der Waals surface area contributed by atoms with Gasteiger partial charge in [-0.3, -0.25) is 9.10 Å². The number of hydrogen-bond donors (Lipinski definition) is 1. The molecule has 0 radical (unpaired) electrons. The van der Waals surface area contributed by atoms with Crippen LogP contribution in [0.4, 0.5) is 5.69 Å². The van der Waals surface area contributed by atoms with E-state index in [2.05, 4.69) is 10.5 Å². The lowest BCUT2D eigenvalue weighted by molar-refractivity contribution is -0.119. The van der Waals surface area contributed by atoms with Crippen molar-refractivity contribution < 1.29 is 17.9 Å². The zero-order valence-electron chi connectivity index (χ0n) is 20.3. The van der Waals surface area contributed by atoms with Gasteiger partial charge in [0.1, 0.15) is 12.3 Å². The van der Waals surface area contributed by atoms with Crippen molar-refractivity contribution in [1.82, 2.24) is 5.43 Å². The average Bonchev–Trinajstić information content (AvgIpc) is 2.86. The smallest absolute Gasteiger partial charge is 0.264 e. The molecule has 0 saturated carbocycles. The number of nitrogens with zero attached hydrogens (tertiary/aromatic N) is 2. The third-order valence-corrected chi connectivity index (χ3v) is 7.11. The molecule has 0 saturated heterocycles. The molecule has 0 aromatic heterocycles. The summed E-state index contributed by atoms with van der Waals surface area (Å²) in [5, 5.41) is 4.17. The molecule has 3 rings (SSSR count). The third-order valence-electron chi connectivity index (χ3n) is 5.32. The van der Waals surface area contributed by atoms with Crippen LogP contribution in [-0.2, 0) is 21.2 Å². The van der Waals surface area contributed by atoms with E-state index >= 15 is 0 Å². The number of carbonyl (C=O) groups is 1. The van der Waals surface area contributed by atoms with Gasteiger partial charge in [-0.2, -0.15) is 5.10 Å². The lowest BCUT2D eigenvalue weighted by Gasteiger charge is -2.24. The fourth-order valence-electron chi connectivity index (χ4n) is 3.38. The van der Waals surface area contributed by atoms with E-state index in [1.807, 2.05) is 51.1 Å². The summed E-state index contributed by atoms with van der Waals surface area (Å²) in [6, 6.07) is 23.1. The van der Waals surface area contributed by atoms with Crippen LogP contribution in [0.25, 0.3) is 0 Å². The van der Waals surface area contributed by atoms with E-state index in [9.17, 15) is 13.2 Å². The molecule has 3 aromatic carbocycles. The second-order valence-electron chi connectivity index (χ2n) is 8.12. The number of ether oxygens (including phenoxy) is 1. The van der Waals surface area contributed by atoms with Crippen LogP contribution >= 0.6 is 0 Å². The van der Waals surface area contributed by atoms with E-state index in [1.54, 1.807) is 36.4 Å². The Balaban J connectivity index is 1.75. The number of amides is 1. The standard InChI is InChI=1S/C27H31N3O4S/c1-4-34-25-16-18-26(19-17-25)35(32,33)30(24-14-10-21(2)11-15-24)20-27(31)29-28-22(3)12-13-23-8-6-5-7-9-23/h5-11,14-19H,4,12-13,20H2,1-3H3,(H,29,31)/b28-22-. The molecule has 0 spiro atoms. The number of hydrogen-bond acceptors (Lipinski definition) is 5. The summed E-state index contributed by atoms with van der Waals surface area (Å²) < 4.78 is 33.5. The largest absolute Gasteiger partial charge is 0.494 e. The van der Waals surface area contributed by atoms with Gasteiger partial charge in [-0.1, -0.05) is 48.0 Å². The van der Waals surface area contributed by atoms with Crippen LogP contribution < -0.4 is 14.5 Å². The molecule has 0 fully saturated rings. The van der Waals surface area contributed by atoms with Crippen LogP contribution in [-0.4, -0.2) is 33.2 Å². The predicted molar refractivity (Wildman–Crippen MR) is 139 cm³/mol. The maximum atomic E-state index is 13.5. The molecule has 0 aliphatic rings. The van der Waals surface area contributed by atoms with E-state index < -0.39 is 22.5 Å². The summed E-state index contributed by atoms with van der Waals surface area (Å²) in [7, 11) is -4.01. The highest BCUT2D eigenvalue weighted by molar-refractivity contribution is 7.92. The summed E-state index contributed by atoms with van der Waals surface area (Å²) in [5.74, 6) is 0.0468. The summed E-state index contributed by atoms with van der Waals surface area (Å²) >= 11 is 0. The van der Waals surface area contributed by atoms with Gasteiger partial charge in [0.25, 0.3) is 15.9 Å². The highest BCUT2D eigenvalue weighted by Crippen LogP contribution is 2.25. The molecular weight excluding hydrogens is 462 g/mol. The first kappa shape index (κ1) is 26.0. The summed E-state index contributed by atoms with van der Waals surface area (Å²) in [6.45, 7) is 5.67. The van der Waals surface area contributed by atoms with E-state index in [1.165, 1.54) is 17.7 Å². The van der Waals surface area contributed by atoms with Gasteiger partial charge in [-0.25, -0.2) is 13.8 Å². The van der Waals surface area contributed by atoms with Gasteiger partial charge in [-0.15, -0.1) is 0 Å². The Hall–Kier alpha value is -3.65. The van der Waals surface area contributed by atoms with E-state index in [4.69, 9.17) is 4.74 Å². The van der Waals surface area contributed by atoms with Crippen molar-refractivity contribution in [2.24, 2.45) is 5.10 Å². The van der Waals surface area contributed by atoms with Gasteiger partial charge >= 0.3 is 0 Å². The molecular formula is C27H31N3O4S. The number of anilines is 1. The van der Waals surface area contributed by atoms with Crippen LogP contribution in [0, 0.1) is 6.92 Å². The quantitative estimate of drug-likeness (QED) is 0.309. The lowest BCUT2D eigenvalue weighted by atomic mass is 10.1. The molecule has 0 aliphatic heterocycles. The Morgan fingerprint density at radius 3 is 2.26 bits per heavy atom. The molecule has 8 heteroatoms. The van der Waals surface area contributed by atoms with Gasteiger partial charge in [-0.05, 0) is 75.6 Å². The number of carbonyl (C=O) groups excluding carboxylic acids is 1. The summed E-state index contributed by atoms with van der Waals surface area (Å²) in [4.78, 5) is 12.8. The van der Waals surface area contributed by atoms with Crippen LogP contribution in [0.3, 0.4) is 0 Å². The van der Waals surface area contributed by atoms with Crippen molar-refractivity contribution in [3.8, 4) is 5.75 Å². The molecule has 0 unspecified atom stereocenters. The Kier molecular flexibility index (Phi) is 9.03. The minimum atomic E-state index is -4.01. The average molecular weight is 494 g/mol. The van der Waals surface area contributed by atoms with Crippen molar-refractivity contribution in [3.05, 3.63) is 90.0 Å². The number of sulfonamides is 1. The van der Waals surface area contributed by atoms with E-state index in [0.29, 0.717) is 24.5 Å². The van der Waals surface area contributed by atoms with Crippen molar-refractivity contribution in [3.63, 3.8) is 0 Å². The molecule has 1 amide bonds. The number of nitrogens with one attached hydrogen (secondary N) is 1. The topological polar surface area (TPSA) is 88.1 Å². The van der Waals surface area contributed by atoms with Gasteiger partial charge in [0, 0.05) is 5.71 Å². The Morgan fingerprint density at radius 1 is 0.971 bits per heavy atom. The minimum Gasteiger partial charge on any atom is -0.494 e. The third kappa shape index (κ3) is 7.42. The van der Waals surface area contributed by atoms with Gasteiger partial charge in [0.15, 0.2) is 0 Å².